The highest BCUT2D eigenvalue weighted by molar-refractivity contribution is 5.21. The Kier molecular flexibility index (Phi) is 4.64. The van der Waals surface area contributed by atoms with Crippen LogP contribution in [0.5, 0.6) is 0 Å². The number of rotatable bonds is 4. The second-order valence-corrected chi connectivity index (χ2v) is 6.91. The Morgan fingerprint density at radius 2 is 1.31 bits per heavy atom. The molecule has 0 unspecified atom stereocenters. The minimum atomic E-state index is -1.23. The molecule has 1 N–H and O–H groups in total. The maximum absolute atomic E-state index is 11.9. The Morgan fingerprint density at radius 3 is 1.62 bits per heavy atom. The van der Waals surface area contributed by atoms with Gasteiger partial charge in [0.05, 0.1) is 11.4 Å². The lowest BCUT2D eigenvalue weighted by atomic mass is 9.67. The lowest BCUT2D eigenvalue weighted by molar-refractivity contribution is -0.605. The molecule has 0 amide bonds. The molecule has 1 aliphatic rings. The number of aromatic nitrogens is 2. The Bertz CT molecular complexity index is 734. The fourth-order valence-corrected chi connectivity index (χ4v) is 3.81. The first-order valence-corrected chi connectivity index (χ1v) is 8.19. The lowest BCUT2D eigenvalue weighted by Gasteiger charge is -2.43. The summed E-state index contributed by atoms with van der Waals surface area (Å²) in [5.74, 6) is 0. The van der Waals surface area contributed by atoms with E-state index in [4.69, 9.17) is 0 Å². The summed E-state index contributed by atoms with van der Waals surface area (Å²) in [6, 6.07) is 6.31. The Hall–Kier alpha value is -2.94. The van der Waals surface area contributed by atoms with Crippen LogP contribution in [0, 0.1) is 25.6 Å². The third-order valence-electron chi connectivity index (χ3n) is 4.98. The second kappa shape index (κ2) is 6.75. The van der Waals surface area contributed by atoms with Crippen LogP contribution in [0.2, 0.25) is 0 Å². The molecule has 0 radical (unpaired) electrons. The monoisotopic (exact) mass is 357 g/mol. The fraction of sp³-hybridized carbons (Fsp3) is 0.412. The van der Waals surface area contributed by atoms with E-state index >= 15 is 0 Å². The highest BCUT2D eigenvalue weighted by Gasteiger charge is 2.63. The van der Waals surface area contributed by atoms with Gasteiger partial charge >= 0.3 is 0 Å². The third-order valence-corrected chi connectivity index (χ3v) is 4.98. The van der Waals surface area contributed by atoms with Crippen molar-refractivity contribution in [1.29, 1.82) is 0 Å². The van der Waals surface area contributed by atoms with E-state index in [1.807, 2.05) is 0 Å². The van der Waals surface area contributed by atoms with Crippen LogP contribution in [-0.2, 0) is 0 Å². The zero-order chi connectivity index (χ0) is 18.9. The average Bonchev–Trinajstić information content (AvgIpc) is 2.60. The Labute approximate surface area is 149 Å². The van der Waals surface area contributed by atoms with Crippen molar-refractivity contribution in [1.82, 2.24) is 15.3 Å². The smallest absolute Gasteiger partial charge is 0.245 e. The van der Waals surface area contributed by atoms with Crippen molar-refractivity contribution in [2.24, 2.45) is 5.41 Å². The molecule has 0 aliphatic carbocycles. The standard InChI is InChI=1S/C17H19N5O4/c1-17(2)15(21(23)24)13(11-7-3-5-9-18-11)20-14(16(17)22(25)26)12-8-4-6-10-19-12/h3-10,13-16,20H,1-2H3/t13-,14-,15-,16+/m1/s1. The van der Waals surface area contributed by atoms with Crippen molar-refractivity contribution in [2.75, 3.05) is 0 Å². The van der Waals surface area contributed by atoms with Gasteiger partial charge in [-0.3, -0.25) is 35.5 Å². The molecule has 26 heavy (non-hydrogen) atoms. The van der Waals surface area contributed by atoms with Crippen LogP contribution < -0.4 is 5.32 Å². The summed E-state index contributed by atoms with van der Waals surface area (Å²) in [6.07, 6.45) is 3.10. The lowest BCUT2D eigenvalue weighted by Crippen LogP contribution is -2.63. The summed E-state index contributed by atoms with van der Waals surface area (Å²) in [5.41, 5.74) is -0.280. The predicted molar refractivity (Wildman–Crippen MR) is 92.4 cm³/mol. The molecule has 0 saturated carbocycles. The number of hydrogen-bond donors (Lipinski definition) is 1. The molecule has 1 saturated heterocycles. The summed E-state index contributed by atoms with van der Waals surface area (Å²) in [7, 11) is 0. The molecular weight excluding hydrogens is 338 g/mol. The topological polar surface area (TPSA) is 124 Å². The minimum absolute atomic E-state index is 0.447. The van der Waals surface area contributed by atoms with Crippen molar-refractivity contribution in [3.63, 3.8) is 0 Å². The fourth-order valence-electron chi connectivity index (χ4n) is 3.81. The molecule has 1 fully saturated rings. The molecule has 0 bridgehead atoms. The largest absolute Gasteiger partial charge is 0.289 e. The van der Waals surface area contributed by atoms with Crippen LogP contribution >= 0.6 is 0 Å². The molecule has 2 aromatic rings. The molecule has 4 atom stereocenters. The average molecular weight is 357 g/mol. The number of hydrogen-bond acceptors (Lipinski definition) is 7. The summed E-state index contributed by atoms with van der Waals surface area (Å²) < 4.78 is 0. The first-order chi connectivity index (χ1) is 12.3. The molecule has 2 aromatic heterocycles. The molecule has 9 nitrogen and oxygen atoms in total. The van der Waals surface area contributed by atoms with E-state index in [-0.39, 0.29) is 0 Å². The number of nitro groups is 2. The van der Waals surface area contributed by atoms with Crippen LogP contribution in [0.25, 0.3) is 0 Å². The van der Waals surface area contributed by atoms with Crippen molar-refractivity contribution >= 4 is 0 Å². The maximum atomic E-state index is 11.9. The van der Waals surface area contributed by atoms with Crippen LogP contribution in [-0.4, -0.2) is 31.9 Å². The summed E-state index contributed by atoms with van der Waals surface area (Å²) in [6.45, 7) is 3.14. The van der Waals surface area contributed by atoms with Gasteiger partial charge < -0.3 is 0 Å². The summed E-state index contributed by atoms with van der Waals surface area (Å²) in [5, 5.41) is 26.8. The van der Waals surface area contributed by atoms with Gasteiger partial charge in [-0.1, -0.05) is 12.1 Å². The number of nitrogens with zero attached hydrogens (tertiary/aromatic N) is 4. The maximum Gasteiger partial charge on any atom is 0.245 e. The molecule has 3 heterocycles. The zero-order valence-corrected chi connectivity index (χ0v) is 14.4. The van der Waals surface area contributed by atoms with Gasteiger partial charge in [0.15, 0.2) is 0 Å². The van der Waals surface area contributed by atoms with E-state index < -0.39 is 39.4 Å². The van der Waals surface area contributed by atoms with Gasteiger partial charge in [-0.15, -0.1) is 0 Å². The number of pyridine rings is 2. The number of nitrogens with one attached hydrogen (secondary N) is 1. The van der Waals surface area contributed by atoms with Crippen molar-refractivity contribution in [3.05, 3.63) is 80.4 Å². The van der Waals surface area contributed by atoms with E-state index in [9.17, 15) is 20.2 Å². The van der Waals surface area contributed by atoms with E-state index in [0.717, 1.165) is 0 Å². The molecule has 0 aromatic carbocycles. The summed E-state index contributed by atoms with van der Waals surface area (Å²) >= 11 is 0. The zero-order valence-electron chi connectivity index (χ0n) is 14.4. The number of piperidine rings is 1. The van der Waals surface area contributed by atoms with E-state index in [2.05, 4.69) is 15.3 Å². The van der Waals surface area contributed by atoms with E-state index in [1.54, 1.807) is 62.6 Å². The Morgan fingerprint density at radius 1 is 0.885 bits per heavy atom. The van der Waals surface area contributed by atoms with Gasteiger partial charge in [-0.25, -0.2) is 0 Å². The van der Waals surface area contributed by atoms with Gasteiger partial charge in [-0.05, 0) is 38.1 Å². The van der Waals surface area contributed by atoms with Gasteiger partial charge in [-0.2, -0.15) is 0 Å². The van der Waals surface area contributed by atoms with Gasteiger partial charge in [0, 0.05) is 22.2 Å². The molecule has 3 rings (SSSR count). The van der Waals surface area contributed by atoms with Crippen molar-refractivity contribution in [2.45, 2.75) is 38.0 Å². The highest BCUT2D eigenvalue weighted by Crippen LogP contribution is 2.46. The van der Waals surface area contributed by atoms with Gasteiger partial charge in [0.2, 0.25) is 12.1 Å². The van der Waals surface area contributed by atoms with Crippen LogP contribution in [0.15, 0.2) is 48.8 Å². The van der Waals surface area contributed by atoms with E-state index in [1.165, 1.54) is 0 Å². The van der Waals surface area contributed by atoms with Gasteiger partial charge in [0.25, 0.3) is 0 Å². The first-order valence-electron chi connectivity index (χ1n) is 8.19. The van der Waals surface area contributed by atoms with Crippen molar-refractivity contribution in [3.8, 4) is 0 Å². The Balaban J connectivity index is 2.14. The molecule has 1 aliphatic heterocycles. The SMILES string of the molecule is CC1(C)[C@@H]([N+](=O)[O-])[C@@H](c2ccccn2)N[C@H](c2ccccn2)[C@H]1[N+](=O)[O-]. The third kappa shape index (κ3) is 3.01. The highest BCUT2D eigenvalue weighted by atomic mass is 16.6. The quantitative estimate of drug-likeness (QED) is 0.657. The van der Waals surface area contributed by atoms with Crippen LogP contribution in [0.4, 0.5) is 0 Å². The summed E-state index contributed by atoms with van der Waals surface area (Å²) in [4.78, 5) is 31.3. The van der Waals surface area contributed by atoms with Gasteiger partial charge in [0.1, 0.15) is 17.5 Å². The molecule has 136 valence electrons. The first kappa shape index (κ1) is 17.9. The van der Waals surface area contributed by atoms with Crippen LogP contribution in [0.1, 0.15) is 37.3 Å². The molecular formula is C17H19N5O4. The normalized spacial score (nSPS) is 27.6. The van der Waals surface area contributed by atoms with Crippen molar-refractivity contribution < 1.29 is 9.85 Å². The predicted octanol–water partition coefficient (Wildman–Crippen LogP) is 2.18. The molecule has 0 spiro atoms. The minimum Gasteiger partial charge on any atom is -0.289 e. The molecule has 9 heteroatoms. The van der Waals surface area contributed by atoms with E-state index in [0.29, 0.717) is 11.4 Å². The van der Waals surface area contributed by atoms with Crippen LogP contribution in [0.3, 0.4) is 0 Å². The second-order valence-electron chi connectivity index (χ2n) is 6.91.